The van der Waals surface area contributed by atoms with Crippen LogP contribution in [0.2, 0.25) is 5.02 Å². The molecule has 0 spiro atoms. The molecule has 2 rings (SSSR count). The molecule has 0 amide bonds. The van der Waals surface area contributed by atoms with Crippen molar-refractivity contribution < 1.29 is 4.74 Å². The summed E-state index contributed by atoms with van der Waals surface area (Å²) in [5, 5.41) is 9.44. The molecule has 2 nitrogen and oxygen atoms in total. The van der Waals surface area contributed by atoms with Crippen LogP contribution in [0.25, 0.3) is 0 Å². The van der Waals surface area contributed by atoms with Crippen LogP contribution in [0.1, 0.15) is 11.1 Å². The summed E-state index contributed by atoms with van der Waals surface area (Å²) in [5.74, 6) is 2.69. The van der Waals surface area contributed by atoms with E-state index in [1.807, 2.05) is 60.3 Å². The first-order valence-corrected chi connectivity index (χ1v) is 7.76. The van der Waals surface area contributed by atoms with Crippen LogP contribution in [-0.4, -0.2) is 12.4 Å². The maximum Gasteiger partial charge on any atom is 0.119 e. The standard InChI is InChI=1S/C16H14ClNOS/c17-15-5-7-16(8-6-15)19-9-10-20-12-14-3-1-13(11-18)2-4-14/h1-8H,9-10,12H2. The molecule has 0 saturated carbocycles. The van der Waals surface area contributed by atoms with Crippen molar-refractivity contribution in [3.63, 3.8) is 0 Å². The van der Waals surface area contributed by atoms with Gasteiger partial charge in [-0.05, 0) is 42.0 Å². The Balaban J connectivity index is 1.66. The molecule has 0 N–H and O–H groups in total. The highest BCUT2D eigenvalue weighted by molar-refractivity contribution is 7.98. The van der Waals surface area contributed by atoms with Crippen molar-refractivity contribution in [1.82, 2.24) is 0 Å². The zero-order valence-corrected chi connectivity index (χ0v) is 12.5. The van der Waals surface area contributed by atoms with Crippen molar-refractivity contribution in [3.05, 3.63) is 64.7 Å². The number of hydrogen-bond donors (Lipinski definition) is 0. The molecule has 0 aromatic heterocycles. The Morgan fingerprint density at radius 3 is 2.40 bits per heavy atom. The second-order valence-electron chi connectivity index (χ2n) is 4.16. The Bertz CT molecular complexity index is 575. The molecule has 0 aliphatic heterocycles. The fraction of sp³-hybridized carbons (Fsp3) is 0.188. The quantitative estimate of drug-likeness (QED) is 0.735. The molecule has 2 aromatic carbocycles. The van der Waals surface area contributed by atoms with Gasteiger partial charge >= 0.3 is 0 Å². The molecule has 0 unspecified atom stereocenters. The summed E-state index contributed by atoms with van der Waals surface area (Å²) in [6, 6.07) is 17.2. The molecule has 0 saturated heterocycles. The average Bonchev–Trinajstić information content (AvgIpc) is 2.49. The number of ether oxygens (including phenoxy) is 1. The number of rotatable bonds is 6. The molecular weight excluding hydrogens is 290 g/mol. The van der Waals surface area contributed by atoms with Gasteiger partial charge in [-0.1, -0.05) is 23.7 Å². The lowest BCUT2D eigenvalue weighted by Crippen LogP contribution is -2.00. The minimum Gasteiger partial charge on any atom is -0.493 e. The van der Waals surface area contributed by atoms with Gasteiger partial charge in [-0.25, -0.2) is 0 Å². The second-order valence-corrected chi connectivity index (χ2v) is 5.71. The highest BCUT2D eigenvalue weighted by Crippen LogP contribution is 2.17. The van der Waals surface area contributed by atoms with E-state index >= 15 is 0 Å². The normalized spacial score (nSPS) is 10.0. The van der Waals surface area contributed by atoms with Crippen molar-refractivity contribution in [3.8, 4) is 11.8 Å². The smallest absolute Gasteiger partial charge is 0.119 e. The zero-order valence-electron chi connectivity index (χ0n) is 10.9. The molecule has 0 atom stereocenters. The van der Waals surface area contributed by atoms with Crippen LogP contribution < -0.4 is 4.74 Å². The number of nitrogens with zero attached hydrogens (tertiary/aromatic N) is 1. The van der Waals surface area contributed by atoms with Gasteiger partial charge in [-0.2, -0.15) is 17.0 Å². The van der Waals surface area contributed by atoms with Gasteiger partial charge in [0, 0.05) is 16.5 Å². The number of thioether (sulfide) groups is 1. The van der Waals surface area contributed by atoms with Crippen LogP contribution >= 0.6 is 23.4 Å². The third kappa shape index (κ3) is 4.80. The summed E-state index contributed by atoms with van der Waals surface area (Å²) in [7, 11) is 0. The van der Waals surface area contributed by atoms with E-state index in [0.717, 1.165) is 17.3 Å². The first kappa shape index (κ1) is 14.8. The molecule has 0 radical (unpaired) electrons. The Morgan fingerprint density at radius 1 is 1.05 bits per heavy atom. The molecule has 0 bridgehead atoms. The monoisotopic (exact) mass is 303 g/mol. The lowest BCUT2D eigenvalue weighted by atomic mass is 10.2. The highest BCUT2D eigenvalue weighted by Gasteiger charge is 1.97. The van der Waals surface area contributed by atoms with Crippen LogP contribution in [-0.2, 0) is 5.75 Å². The minimum atomic E-state index is 0.669. The maximum absolute atomic E-state index is 8.72. The van der Waals surface area contributed by atoms with Gasteiger partial charge in [0.25, 0.3) is 0 Å². The Kier molecular flexibility index (Phi) is 5.79. The van der Waals surface area contributed by atoms with Gasteiger partial charge in [-0.3, -0.25) is 0 Å². The average molecular weight is 304 g/mol. The van der Waals surface area contributed by atoms with Crippen LogP contribution in [0.4, 0.5) is 0 Å². The summed E-state index contributed by atoms with van der Waals surface area (Å²) in [6.45, 7) is 0.669. The Morgan fingerprint density at radius 2 is 1.75 bits per heavy atom. The van der Waals surface area contributed by atoms with E-state index in [1.54, 1.807) is 0 Å². The van der Waals surface area contributed by atoms with E-state index in [0.29, 0.717) is 17.2 Å². The van der Waals surface area contributed by atoms with Crippen molar-refractivity contribution in [1.29, 1.82) is 5.26 Å². The summed E-state index contributed by atoms with van der Waals surface area (Å²) < 4.78 is 5.61. The molecule has 2 aromatic rings. The predicted octanol–water partition coefficient (Wildman–Crippen LogP) is 4.52. The van der Waals surface area contributed by atoms with Crippen LogP contribution in [0.15, 0.2) is 48.5 Å². The Hall–Kier alpha value is -1.63. The molecule has 0 aliphatic rings. The topological polar surface area (TPSA) is 33.0 Å². The molecule has 4 heteroatoms. The Labute approximate surface area is 128 Å². The lowest BCUT2D eigenvalue weighted by molar-refractivity contribution is 0.344. The minimum absolute atomic E-state index is 0.669. The highest BCUT2D eigenvalue weighted by atomic mass is 35.5. The van der Waals surface area contributed by atoms with Gasteiger partial charge in [0.15, 0.2) is 0 Å². The predicted molar refractivity (Wildman–Crippen MR) is 84.3 cm³/mol. The van der Waals surface area contributed by atoms with Crippen LogP contribution in [0, 0.1) is 11.3 Å². The second kappa shape index (κ2) is 7.84. The van der Waals surface area contributed by atoms with E-state index in [1.165, 1.54) is 5.56 Å². The van der Waals surface area contributed by atoms with Gasteiger partial charge in [-0.15, -0.1) is 0 Å². The first-order chi connectivity index (χ1) is 9.78. The van der Waals surface area contributed by atoms with Gasteiger partial charge in [0.05, 0.1) is 18.2 Å². The maximum atomic E-state index is 8.72. The number of benzene rings is 2. The van der Waals surface area contributed by atoms with Crippen molar-refractivity contribution >= 4 is 23.4 Å². The van der Waals surface area contributed by atoms with Gasteiger partial charge in [0.2, 0.25) is 0 Å². The van der Waals surface area contributed by atoms with E-state index < -0.39 is 0 Å². The van der Waals surface area contributed by atoms with Crippen molar-refractivity contribution in [2.24, 2.45) is 0 Å². The number of nitriles is 1. The van der Waals surface area contributed by atoms with E-state index in [-0.39, 0.29) is 0 Å². The summed E-state index contributed by atoms with van der Waals surface area (Å²) in [5.41, 5.74) is 1.92. The van der Waals surface area contributed by atoms with Gasteiger partial charge in [0.1, 0.15) is 5.75 Å². The molecule has 0 aliphatic carbocycles. The third-order valence-electron chi connectivity index (χ3n) is 2.66. The van der Waals surface area contributed by atoms with Gasteiger partial charge < -0.3 is 4.74 Å². The van der Waals surface area contributed by atoms with E-state index in [4.69, 9.17) is 21.6 Å². The largest absolute Gasteiger partial charge is 0.493 e. The first-order valence-electron chi connectivity index (χ1n) is 6.23. The fourth-order valence-electron chi connectivity index (χ4n) is 1.61. The molecular formula is C16H14ClNOS. The molecule has 0 heterocycles. The summed E-state index contributed by atoms with van der Waals surface area (Å²) >= 11 is 7.61. The number of hydrogen-bond acceptors (Lipinski definition) is 3. The number of halogens is 1. The van der Waals surface area contributed by atoms with E-state index in [9.17, 15) is 0 Å². The fourth-order valence-corrected chi connectivity index (χ4v) is 2.51. The molecule has 102 valence electrons. The summed E-state index contributed by atoms with van der Waals surface area (Å²) in [6.07, 6.45) is 0. The van der Waals surface area contributed by atoms with Crippen molar-refractivity contribution in [2.75, 3.05) is 12.4 Å². The van der Waals surface area contributed by atoms with Crippen LogP contribution in [0.5, 0.6) is 5.75 Å². The summed E-state index contributed by atoms with van der Waals surface area (Å²) in [4.78, 5) is 0. The zero-order chi connectivity index (χ0) is 14.2. The van der Waals surface area contributed by atoms with E-state index in [2.05, 4.69) is 6.07 Å². The third-order valence-corrected chi connectivity index (χ3v) is 3.91. The van der Waals surface area contributed by atoms with Crippen molar-refractivity contribution in [2.45, 2.75) is 5.75 Å². The molecule has 0 fully saturated rings. The molecule has 20 heavy (non-hydrogen) atoms. The van der Waals surface area contributed by atoms with Crippen LogP contribution in [0.3, 0.4) is 0 Å². The lowest BCUT2D eigenvalue weighted by Gasteiger charge is -2.06. The SMILES string of the molecule is N#Cc1ccc(CSCCOc2ccc(Cl)cc2)cc1.